The molecular weight excluding hydrogens is 362 g/mol. The van der Waals surface area contributed by atoms with Gasteiger partial charge < -0.3 is 24.8 Å². The predicted molar refractivity (Wildman–Crippen MR) is 100 cm³/mol. The summed E-state index contributed by atoms with van der Waals surface area (Å²) in [7, 11) is 0. The first-order valence-electron chi connectivity index (χ1n) is 9.61. The molecule has 150 valence electrons. The summed E-state index contributed by atoms with van der Waals surface area (Å²) in [5.41, 5.74) is 4.79. The first-order valence-corrected chi connectivity index (χ1v) is 9.61. The number of aliphatic hydroxyl groups excluding tert-OH is 3. The standard InChI is InChI=1S/C22H25FO5/c1-2-13-3-5-14(6-4-13)9-15-7-8-16-12-27-22(17(16)10-15)21(26)20(25)19(23)18(11-24)28-22/h3-8,10,18-21,24-26H,2,9,11-12H2,1H3/t18-,19-,20+,21-,22+/m1/s1/i23-1. The van der Waals surface area contributed by atoms with Gasteiger partial charge in [0.2, 0.25) is 5.79 Å². The molecule has 2 aromatic carbocycles. The van der Waals surface area contributed by atoms with E-state index in [2.05, 4.69) is 31.2 Å². The largest absolute Gasteiger partial charge is 0.394 e. The van der Waals surface area contributed by atoms with E-state index >= 15 is 0 Å². The number of benzene rings is 2. The van der Waals surface area contributed by atoms with E-state index in [1.54, 1.807) is 0 Å². The van der Waals surface area contributed by atoms with E-state index in [0.717, 1.165) is 23.1 Å². The van der Waals surface area contributed by atoms with Crippen LogP contribution in [0.15, 0.2) is 42.5 Å². The average Bonchev–Trinajstić information content (AvgIpc) is 3.08. The van der Waals surface area contributed by atoms with Crippen molar-refractivity contribution in [1.29, 1.82) is 0 Å². The minimum atomic E-state index is -1.89. The second-order valence-electron chi connectivity index (χ2n) is 7.51. The van der Waals surface area contributed by atoms with Gasteiger partial charge >= 0.3 is 0 Å². The number of aryl methyl sites for hydroxylation is 1. The molecule has 5 atom stereocenters. The second kappa shape index (κ2) is 7.54. The highest BCUT2D eigenvalue weighted by atomic mass is 18.2. The van der Waals surface area contributed by atoms with Gasteiger partial charge in [-0.2, -0.15) is 0 Å². The van der Waals surface area contributed by atoms with E-state index in [1.165, 1.54) is 5.56 Å². The Morgan fingerprint density at radius 3 is 2.43 bits per heavy atom. The molecule has 0 aliphatic carbocycles. The van der Waals surface area contributed by atoms with E-state index in [-0.39, 0.29) is 6.61 Å². The number of hydrogen-bond donors (Lipinski definition) is 3. The third-order valence-electron chi connectivity index (χ3n) is 5.73. The Morgan fingerprint density at radius 1 is 1.07 bits per heavy atom. The molecule has 0 amide bonds. The predicted octanol–water partition coefficient (Wildman–Crippen LogP) is 1.97. The van der Waals surface area contributed by atoms with Crippen molar-refractivity contribution < 1.29 is 29.2 Å². The van der Waals surface area contributed by atoms with Crippen LogP contribution in [-0.2, 0) is 34.7 Å². The van der Waals surface area contributed by atoms with Crippen LogP contribution in [0.1, 0.15) is 34.7 Å². The van der Waals surface area contributed by atoms with Gasteiger partial charge in [-0.3, -0.25) is 0 Å². The van der Waals surface area contributed by atoms with Crippen LogP contribution in [0, 0.1) is 0 Å². The summed E-state index contributed by atoms with van der Waals surface area (Å²) in [4.78, 5) is 0. The van der Waals surface area contributed by atoms with E-state index < -0.39 is 36.9 Å². The van der Waals surface area contributed by atoms with Crippen molar-refractivity contribution in [1.82, 2.24) is 0 Å². The molecule has 0 saturated carbocycles. The zero-order valence-corrected chi connectivity index (χ0v) is 15.7. The molecule has 28 heavy (non-hydrogen) atoms. The van der Waals surface area contributed by atoms with Crippen LogP contribution < -0.4 is 0 Å². The summed E-state index contributed by atoms with van der Waals surface area (Å²) < 4.78 is 25.6. The molecule has 0 aromatic heterocycles. The van der Waals surface area contributed by atoms with Gasteiger partial charge in [0.05, 0.1) is 13.2 Å². The molecule has 0 unspecified atom stereocenters. The van der Waals surface area contributed by atoms with Gasteiger partial charge in [-0.05, 0) is 41.2 Å². The zero-order chi connectivity index (χ0) is 19.9. The van der Waals surface area contributed by atoms with Crippen molar-refractivity contribution in [3.63, 3.8) is 0 Å². The highest BCUT2D eigenvalue weighted by molar-refractivity contribution is 5.41. The Kier molecular flexibility index (Phi) is 5.24. The first-order chi connectivity index (χ1) is 13.5. The first kappa shape index (κ1) is 19.5. The molecule has 2 aliphatic heterocycles. The van der Waals surface area contributed by atoms with E-state index in [9.17, 15) is 19.7 Å². The van der Waals surface area contributed by atoms with Crippen molar-refractivity contribution in [2.45, 2.75) is 56.6 Å². The Bertz CT molecular complexity index is 837. The number of ether oxygens (including phenoxy) is 2. The third-order valence-corrected chi connectivity index (χ3v) is 5.73. The molecule has 1 saturated heterocycles. The van der Waals surface area contributed by atoms with Crippen LogP contribution in [-0.4, -0.2) is 46.4 Å². The van der Waals surface area contributed by atoms with Gasteiger partial charge in [0.15, 0.2) is 6.17 Å². The molecule has 4 rings (SSSR count). The molecule has 1 fully saturated rings. The SMILES string of the molecule is CCc1ccc(Cc2ccc3c(c2)[C@]2(OC3)O[C@H](CO)[C@@H]([18F])[C@H](O)[C@H]2O)cc1. The number of aliphatic hydroxyl groups is 3. The molecule has 2 aliphatic rings. The fraction of sp³-hybridized carbons (Fsp3) is 0.455. The molecule has 2 aromatic rings. The summed E-state index contributed by atoms with van der Waals surface area (Å²) in [5, 5.41) is 30.2. The van der Waals surface area contributed by atoms with Crippen LogP contribution in [0.2, 0.25) is 0 Å². The van der Waals surface area contributed by atoms with Gasteiger partial charge in [-0.15, -0.1) is 0 Å². The quantitative estimate of drug-likeness (QED) is 0.748. The van der Waals surface area contributed by atoms with Gasteiger partial charge in [0.1, 0.15) is 18.3 Å². The maximum absolute atomic E-state index is 14.2. The number of fused-ring (bicyclic) bond motifs is 2. The topological polar surface area (TPSA) is 79.2 Å². The van der Waals surface area contributed by atoms with Gasteiger partial charge in [0, 0.05) is 5.56 Å². The summed E-state index contributed by atoms with van der Waals surface area (Å²) in [6.45, 7) is 1.68. The van der Waals surface area contributed by atoms with Crippen LogP contribution in [0.3, 0.4) is 0 Å². The van der Waals surface area contributed by atoms with Crippen LogP contribution in [0.4, 0.5) is 4.39 Å². The van der Waals surface area contributed by atoms with Crippen LogP contribution in [0.25, 0.3) is 0 Å². The lowest BCUT2D eigenvalue weighted by Crippen LogP contribution is -2.62. The summed E-state index contributed by atoms with van der Waals surface area (Å²) >= 11 is 0. The van der Waals surface area contributed by atoms with E-state index in [4.69, 9.17) is 9.47 Å². The average molecular weight is 387 g/mol. The molecular formula is C22H25FO5. The molecule has 1 spiro atoms. The lowest BCUT2D eigenvalue weighted by molar-refractivity contribution is -0.361. The molecule has 0 bridgehead atoms. The van der Waals surface area contributed by atoms with Crippen LogP contribution >= 0.6 is 0 Å². The highest BCUT2D eigenvalue weighted by Crippen LogP contribution is 2.46. The van der Waals surface area contributed by atoms with Gasteiger partial charge in [0.25, 0.3) is 0 Å². The number of alkyl halides is 1. The fourth-order valence-corrected chi connectivity index (χ4v) is 4.03. The fourth-order valence-electron chi connectivity index (χ4n) is 4.03. The number of rotatable bonds is 4. The maximum atomic E-state index is 14.2. The summed E-state index contributed by atoms with van der Waals surface area (Å²) in [6, 6.07) is 14.1. The molecule has 5 nitrogen and oxygen atoms in total. The Balaban J connectivity index is 1.66. The smallest absolute Gasteiger partial charge is 0.225 e. The second-order valence-corrected chi connectivity index (χ2v) is 7.51. The third kappa shape index (κ3) is 3.15. The van der Waals surface area contributed by atoms with Crippen molar-refractivity contribution >= 4 is 0 Å². The molecule has 6 heteroatoms. The summed E-state index contributed by atoms with van der Waals surface area (Å²) in [6.07, 6.45) is -4.79. The van der Waals surface area contributed by atoms with E-state index in [1.807, 2.05) is 18.2 Å². The van der Waals surface area contributed by atoms with Gasteiger partial charge in [-0.1, -0.05) is 43.3 Å². The zero-order valence-electron chi connectivity index (χ0n) is 15.7. The minimum Gasteiger partial charge on any atom is -0.394 e. The molecule has 3 N–H and O–H groups in total. The molecule has 2 heterocycles. The van der Waals surface area contributed by atoms with Gasteiger partial charge in [-0.25, -0.2) is 4.39 Å². The summed E-state index contributed by atoms with van der Waals surface area (Å²) in [5.74, 6) is -1.67. The van der Waals surface area contributed by atoms with Crippen molar-refractivity contribution in [3.8, 4) is 0 Å². The minimum absolute atomic E-state index is 0.180. The van der Waals surface area contributed by atoms with E-state index in [0.29, 0.717) is 12.0 Å². The lowest BCUT2D eigenvalue weighted by Gasteiger charge is -2.45. The lowest BCUT2D eigenvalue weighted by atomic mass is 9.87. The Labute approximate surface area is 163 Å². The number of hydrogen-bond acceptors (Lipinski definition) is 5. The highest BCUT2D eigenvalue weighted by Gasteiger charge is 2.58. The Hall–Kier alpha value is -1.83. The Morgan fingerprint density at radius 2 is 1.75 bits per heavy atom. The van der Waals surface area contributed by atoms with Crippen LogP contribution in [0.5, 0.6) is 0 Å². The molecule has 0 radical (unpaired) electrons. The maximum Gasteiger partial charge on any atom is 0.225 e. The van der Waals surface area contributed by atoms with Crippen molar-refractivity contribution in [2.24, 2.45) is 0 Å². The normalized spacial score (nSPS) is 31.9. The monoisotopic (exact) mass is 387 g/mol. The van der Waals surface area contributed by atoms with Crippen molar-refractivity contribution in [3.05, 3.63) is 70.3 Å². The number of halogens is 1. The van der Waals surface area contributed by atoms with Crippen molar-refractivity contribution in [2.75, 3.05) is 6.61 Å².